The minimum Gasteiger partial charge on any atom is -0.380 e. The molecule has 1 heterocycles. The third kappa shape index (κ3) is 4.03. The van der Waals surface area contributed by atoms with E-state index in [2.05, 4.69) is 42.3 Å². The zero-order valence-electron chi connectivity index (χ0n) is 12.2. The van der Waals surface area contributed by atoms with E-state index in [1.165, 1.54) is 11.1 Å². The van der Waals surface area contributed by atoms with E-state index >= 15 is 0 Å². The minimum atomic E-state index is 0.809. The van der Waals surface area contributed by atoms with Crippen molar-refractivity contribution in [3.8, 4) is 0 Å². The number of ether oxygens (including phenoxy) is 1. The van der Waals surface area contributed by atoms with Crippen LogP contribution in [0.25, 0.3) is 0 Å². The summed E-state index contributed by atoms with van der Waals surface area (Å²) in [5, 5.41) is 3.44. The van der Waals surface area contributed by atoms with Crippen LogP contribution in [-0.2, 0) is 24.2 Å². The first-order valence-corrected chi connectivity index (χ1v) is 7.45. The van der Waals surface area contributed by atoms with Crippen LogP contribution in [0.5, 0.6) is 0 Å². The molecule has 0 radical (unpaired) electrons. The molecule has 0 amide bonds. The number of hydrogen-bond donors (Lipinski definition) is 1. The SMILES string of the molecule is CCOCCN(CC)Cc1cccc2c1CCNC2. The topological polar surface area (TPSA) is 24.5 Å². The van der Waals surface area contributed by atoms with E-state index in [1.807, 2.05) is 0 Å². The zero-order valence-corrected chi connectivity index (χ0v) is 12.2. The van der Waals surface area contributed by atoms with Gasteiger partial charge in [-0.15, -0.1) is 0 Å². The van der Waals surface area contributed by atoms with E-state index in [-0.39, 0.29) is 0 Å². The molecule has 1 aliphatic rings. The molecule has 0 fully saturated rings. The van der Waals surface area contributed by atoms with Crippen molar-refractivity contribution in [3.05, 3.63) is 34.9 Å². The molecule has 106 valence electrons. The predicted octanol–water partition coefficient (Wildman–Crippen LogP) is 2.19. The molecule has 1 aromatic rings. The summed E-state index contributed by atoms with van der Waals surface area (Å²) in [7, 11) is 0. The van der Waals surface area contributed by atoms with Crippen molar-refractivity contribution in [2.45, 2.75) is 33.4 Å². The molecule has 0 aliphatic carbocycles. The molecule has 3 nitrogen and oxygen atoms in total. The van der Waals surface area contributed by atoms with E-state index < -0.39 is 0 Å². The van der Waals surface area contributed by atoms with Gasteiger partial charge in [-0.1, -0.05) is 25.1 Å². The summed E-state index contributed by atoms with van der Waals surface area (Å²) >= 11 is 0. The first kappa shape index (κ1) is 14.5. The van der Waals surface area contributed by atoms with Crippen molar-refractivity contribution in [1.29, 1.82) is 0 Å². The number of nitrogens with one attached hydrogen (secondary N) is 1. The summed E-state index contributed by atoms with van der Waals surface area (Å²) in [6.45, 7) is 11.2. The minimum absolute atomic E-state index is 0.809. The van der Waals surface area contributed by atoms with Crippen molar-refractivity contribution in [2.24, 2.45) is 0 Å². The smallest absolute Gasteiger partial charge is 0.0593 e. The van der Waals surface area contributed by atoms with Gasteiger partial charge in [-0.25, -0.2) is 0 Å². The summed E-state index contributed by atoms with van der Waals surface area (Å²) in [5.41, 5.74) is 4.54. The Kier molecular flexibility index (Phi) is 5.83. The van der Waals surface area contributed by atoms with Crippen LogP contribution >= 0.6 is 0 Å². The zero-order chi connectivity index (χ0) is 13.5. The predicted molar refractivity (Wildman–Crippen MR) is 79.3 cm³/mol. The first-order valence-electron chi connectivity index (χ1n) is 7.45. The molecular weight excluding hydrogens is 236 g/mol. The Labute approximate surface area is 116 Å². The van der Waals surface area contributed by atoms with Crippen molar-refractivity contribution in [1.82, 2.24) is 10.2 Å². The Morgan fingerprint density at radius 2 is 2.21 bits per heavy atom. The molecule has 0 bridgehead atoms. The number of fused-ring (bicyclic) bond motifs is 1. The average Bonchev–Trinajstić information content (AvgIpc) is 2.46. The summed E-state index contributed by atoms with van der Waals surface area (Å²) in [6, 6.07) is 6.73. The van der Waals surface area contributed by atoms with E-state index in [4.69, 9.17) is 4.74 Å². The van der Waals surface area contributed by atoms with Gasteiger partial charge in [0.2, 0.25) is 0 Å². The Hall–Kier alpha value is -0.900. The number of rotatable bonds is 7. The second kappa shape index (κ2) is 7.63. The molecule has 0 spiro atoms. The number of benzene rings is 1. The molecule has 0 saturated heterocycles. The van der Waals surface area contributed by atoms with Crippen LogP contribution in [0.3, 0.4) is 0 Å². The quantitative estimate of drug-likeness (QED) is 0.762. The molecule has 1 aromatic carbocycles. The van der Waals surface area contributed by atoms with E-state index in [0.29, 0.717) is 0 Å². The second-order valence-corrected chi connectivity index (χ2v) is 5.05. The highest BCUT2D eigenvalue weighted by Crippen LogP contribution is 2.20. The maximum absolute atomic E-state index is 5.46. The molecule has 1 aliphatic heterocycles. The van der Waals surface area contributed by atoms with Gasteiger partial charge in [0.05, 0.1) is 6.61 Å². The summed E-state index contributed by atoms with van der Waals surface area (Å²) < 4.78 is 5.46. The molecule has 2 rings (SSSR count). The van der Waals surface area contributed by atoms with Gasteiger partial charge in [0.15, 0.2) is 0 Å². The van der Waals surface area contributed by atoms with Gasteiger partial charge in [0.1, 0.15) is 0 Å². The fraction of sp³-hybridized carbons (Fsp3) is 0.625. The van der Waals surface area contributed by atoms with Crippen LogP contribution in [0.15, 0.2) is 18.2 Å². The van der Waals surface area contributed by atoms with Crippen molar-refractivity contribution in [2.75, 3.05) is 32.8 Å². The highest BCUT2D eigenvalue weighted by Gasteiger charge is 2.14. The van der Waals surface area contributed by atoms with Gasteiger partial charge in [-0.05, 0) is 43.1 Å². The molecule has 1 N–H and O–H groups in total. The van der Waals surface area contributed by atoms with E-state index in [0.717, 1.165) is 52.4 Å². The Morgan fingerprint density at radius 3 is 3.00 bits per heavy atom. The van der Waals surface area contributed by atoms with Crippen LogP contribution in [0.1, 0.15) is 30.5 Å². The Bertz CT molecular complexity index is 392. The lowest BCUT2D eigenvalue weighted by molar-refractivity contribution is 0.113. The third-order valence-electron chi connectivity index (χ3n) is 3.83. The summed E-state index contributed by atoms with van der Waals surface area (Å²) in [4.78, 5) is 2.47. The fourth-order valence-electron chi connectivity index (χ4n) is 2.69. The maximum Gasteiger partial charge on any atom is 0.0593 e. The van der Waals surface area contributed by atoms with E-state index in [1.54, 1.807) is 5.56 Å². The standard InChI is InChI=1S/C16H26N2O/c1-3-18(10-11-19-4-2)13-15-7-5-6-14-12-17-9-8-16(14)15/h5-7,17H,3-4,8-13H2,1-2H3. The van der Waals surface area contributed by atoms with Crippen LogP contribution in [0.2, 0.25) is 0 Å². The van der Waals surface area contributed by atoms with Crippen LogP contribution in [0.4, 0.5) is 0 Å². The van der Waals surface area contributed by atoms with Crippen molar-refractivity contribution >= 4 is 0 Å². The van der Waals surface area contributed by atoms with Gasteiger partial charge < -0.3 is 10.1 Å². The molecular formula is C16H26N2O. The molecule has 0 aromatic heterocycles. The van der Waals surface area contributed by atoms with Gasteiger partial charge in [0.25, 0.3) is 0 Å². The Balaban J connectivity index is 2.00. The molecule has 19 heavy (non-hydrogen) atoms. The second-order valence-electron chi connectivity index (χ2n) is 5.05. The van der Waals surface area contributed by atoms with Crippen molar-refractivity contribution < 1.29 is 4.74 Å². The van der Waals surface area contributed by atoms with Crippen LogP contribution in [0, 0.1) is 0 Å². The molecule has 0 saturated carbocycles. The molecule has 0 atom stereocenters. The van der Waals surface area contributed by atoms with Gasteiger partial charge >= 0.3 is 0 Å². The first-order chi connectivity index (χ1) is 9.35. The molecule has 0 unspecified atom stereocenters. The highest BCUT2D eigenvalue weighted by molar-refractivity contribution is 5.37. The lowest BCUT2D eigenvalue weighted by Gasteiger charge is -2.25. The lowest BCUT2D eigenvalue weighted by atomic mass is 9.95. The number of nitrogens with zero attached hydrogens (tertiary/aromatic N) is 1. The number of hydrogen-bond acceptors (Lipinski definition) is 3. The highest BCUT2D eigenvalue weighted by atomic mass is 16.5. The largest absolute Gasteiger partial charge is 0.380 e. The van der Waals surface area contributed by atoms with Crippen LogP contribution in [-0.4, -0.2) is 37.7 Å². The van der Waals surface area contributed by atoms with Gasteiger partial charge in [-0.2, -0.15) is 0 Å². The lowest BCUT2D eigenvalue weighted by Crippen LogP contribution is -2.29. The monoisotopic (exact) mass is 262 g/mol. The van der Waals surface area contributed by atoms with Crippen molar-refractivity contribution in [3.63, 3.8) is 0 Å². The fourth-order valence-corrected chi connectivity index (χ4v) is 2.69. The third-order valence-corrected chi connectivity index (χ3v) is 3.83. The van der Waals surface area contributed by atoms with E-state index in [9.17, 15) is 0 Å². The number of likely N-dealkylation sites (N-methyl/N-ethyl adjacent to an activating group) is 1. The average molecular weight is 262 g/mol. The Morgan fingerprint density at radius 1 is 1.32 bits per heavy atom. The maximum atomic E-state index is 5.46. The summed E-state index contributed by atoms with van der Waals surface area (Å²) in [6.07, 6.45) is 1.16. The van der Waals surface area contributed by atoms with Crippen LogP contribution < -0.4 is 5.32 Å². The van der Waals surface area contributed by atoms with Gasteiger partial charge in [-0.3, -0.25) is 4.90 Å². The van der Waals surface area contributed by atoms with Gasteiger partial charge in [0, 0.05) is 26.2 Å². The molecule has 3 heteroatoms. The summed E-state index contributed by atoms with van der Waals surface area (Å²) in [5.74, 6) is 0. The normalized spacial score (nSPS) is 14.7.